The Morgan fingerprint density at radius 3 is 1.65 bits per heavy atom. The zero-order valence-corrected chi connectivity index (χ0v) is 28.2. The maximum atomic E-state index is 13.0. The largest absolute Gasteiger partial charge is 0.416 e. The van der Waals surface area contributed by atoms with Crippen LogP contribution in [0, 0.1) is 13.8 Å². The van der Waals surface area contributed by atoms with Crippen molar-refractivity contribution >= 4 is 15.8 Å². The molecular weight excluding hydrogens is 680 g/mol. The number of alkyl halides is 6. The SMILES string of the molecule is CCS(=O)(=O)c1nc(C)cc(CN2CCOCC2)n1.Cc1cc(CN2CCOCC2)nc(NCc2cc(C(F)(F)F)cc(C(F)(F)F)c2)n1. The van der Waals surface area contributed by atoms with Crippen LogP contribution in [0.4, 0.5) is 32.3 Å². The van der Waals surface area contributed by atoms with Gasteiger partial charge in [-0.1, -0.05) is 6.92 Å². The van der Waals surface area contributed by atoms with E-state index < -0.39 is 33.3 Å². The van der Waals surface area contributed by atoms with E-state index in [0.29, 0.717) is 68.7 Å². The predicted molar refractivity (Wildman–Crippen MR) is 167 cm³/mol. The molecule has 49 heavy (non-hydrogen) atoms. The van der Waals surface area contributed by atoms with Gasteiger partial charge in [0.2, 0.25) is 20.9 Å². The van der Waals surface area contributed by atoms with Crippen LogP contribution in [0.2, 0.25) is 0 Å². The Morgan fingerprint density at radius 2 is 1.18 bits per heavy atom. The summed E-state index contributed by atoms with van der Waals surface area (Å²) < 4.78 is 112. The molecule has 2 saturated heterocycles. The van der Waals surface area contributed by atoms with Crippen molar-refractivity contribution in [3.63, 3.8) is 0 Å². The molecular formula is C31H39F6N7O4S. The van der Waals surface area contributed by atoms with Gasteiger partial charge in [0.25, 0.3) is 0 Å². The van der Waals surface area contributed by atoms with E-state index in [2.05, 4.69) is 35.1 Å². The lowest BCUT2D eigenvalue weighted by Crippen LogP contribution is -2.36. The highest BCUT2D eigenvalue weighted by Gasteiger charge is 2.37. The number of sulfone groups is 1. The van der Waals surface area contributed by atoms with Crippen LogP contribution in [0.25, 0.3) is 0 Å². The molecule has 0 radical (unpaired) electrons. The summed E-state index contributed by atoms with van der Waals surface area (Å²) in [6.45, 7) is 11.9. The second kappa shape index (κ2) is 16.5. The third kappa shape index (κ3) is 11.8. The van der Waals surface area contributed by atoms with Crippen molar-refractivity contribution in [2.75, 3.05) is 63.7 Å². The van der Waals surface area contributed by atoms with E-state index in [-0.39, 0.29) is 35.0 Å². The van der Waals surface area contributed by atoms with Crippen molar-refractivity contribution in [2.24, 2.45) is 0 Å². The monoisotopic (exact) mass is 719 g/mol. The average molecular weight is 720 g/mol. The number of aromatic nitrogens is 4. The number of morpholine rings is 2. The molecule has 0 amide bonds. The minimum absolute atomic E-state index is 0.0213. The first kappa shape index (κ1) is 38.4. The van der Waals surface area contributed by atoms with Gasteiger partial charge in [0.15, 0.2) is 0 Å². The molecule has 3 aromatic rings. The fourth-order valence-corrected chi connectivity index (χ4v) is 5.82. The van der Waals surface area contributed by atoms with E-state index in [1.54, 1.807) is 26.8 Å². The second-order valence-electron chi connectivity index (χ2n) is 11.6. The van der Waals surface area contributed by atoms with Gasteiger partial charge in [0.1, 0.15) is 0 Å². The van der Waals surface area contributed by atoms with Gasteiger partial charge < -0.3 is 14.8 Å². The molecule has 0 atom stereocenters. The summed E-state index contributed by atoms with van der Waals surface area (Å²) in [5, 5.41) is 2.68. The van der Waals surface area contributed by atoms with Gasteiger partial charge in [-0.05, 0) is 49.7 Å². The van der Waals surface area contributed by atoms with E-state index in [1.807, 2.05) is 6.07 Å². The van der Waals surface area contributed by atoms with Gasteiger partial charge in [0, 0.05) is 57.2 Å². The number of ether oxygens (including phenoxy) is 2. The number of benzene rings is 1. The Kier molecular flexibility index (Phi) is 12.9. The van der Waals surface area contributed by atoms with Gasteiger partial charge in [-0.15, -0.1) is 0 Å². The summed E-state index contributed by atoms with van der Waals surface area (Å²) in [4.78, 5) is 21.1. The second-order valence-corrected chi connectivity index (χ2v) is 13.7. The molecule has 2 fully saturated rings. The predicted octanol–water partition coefficient (Wildman–Crippen LogP) is 4.68. The van der Waals surface area contributed by atoms with Gasteiger partial charge in [-0.2, -0.15) is 26.3 Å². The minimum Gasteiger partial charge on any atom is -0.379 e. The first-order chi connectivity index (χ1) is 23.0. The van der Waals surface area contributed by atoms with Crippen molar-refractivity contribution in [2.45, 2.75) is 57.9 Å². The van der Waals surface area contributed by atoms with Crippen LogP contribution in [0.5, 0.6) is 0 Å². The van der Waals surface area contributed by atoms with Crippen molar-refractivity contribution in [3.8, 4) is 0 Å². The molecule has 0 spiro atoms. The molecule has 2 aromatic heterocycles. The third-order valence-electron chi connectivity index (χ3n) is 7.53. The Bertz CT molecular complexity index is 1630. The van der Waals surface area contributed by atoms with Crippen molar-refractivity contribution in [1.29, 1.82) is 0 Å². The molecule has 0 saturated carbocycles. The summed E-state index contributed by atoms with van der Waals surface area (Å²) >= 11 is 0. The van der Waals surface area contributed by atoms with Gasteiger partial charge in [-0.3, -0.25) is 9.80 Å². The molecule has 2 aliphatic heterocycles. The lowest BCUT2D eigenvalue weighted by molar-refractivity contribution is -0.143. The molecule has 270 valence electrons. The van der Waals surface area contributed by atoms with Crippen LogP contribution in [0.1, 0.15) is 46.4 Å². The number of halogens is 6. The zero-order chi connectivity index (χ0) is 35.8. The summed E-state index contributed by atoms with van der Waals surface area (Å²) in [7, 11) is -3.35. The van der Waals surface area contributed by atoms with E-state index >= 15 is 0 Å². The van der Waals surface area contributed by atoms with E-state index in [0.717, 1.165) is 31.9 Å². The molecule has 4 heterocycles. The highest BCUT2D eigenvalue weighted by atomic mass is 32.2. The standard InChI is InChI=1S/C19H20F6N4O.C12H19N3O3S/c1-12-6-16(11-29-2-4-30-5-3-29)28-17(27-12)26-10-13-7-14(18(20,21)22)9-15(8-13)19(23,24)25;1-3-19(16,17)12-13-10(2)8-11(14-12)9-15-4-6-18-7-5-15/h6-9H,2-5,10-11H2,1H3,(H,26,27,28);8H,3-7,9H2,1-2H3. The van der Waals surface area contributed by atoms with Crippen LogP contribution < -0.4 is 5.32 Å². The van der Waals surface area contributed by atoms with Gasteiger partial charge in [-0.25, -0.2) is 28.4 Å². The molecule has 0 unspecified atom stereocenters. The van der Waals surface area contributed by atoms with Gasteiger partial charge >= 0.3 is 12.4 Å². The highest BCUT2D eigenvalue weighted by molar-refractivity contribution is 7.91. The van der Waals surface area contributed by atoms with E-state index in [9.17, 15) is 34.8 Å². The molecule has 11 nitrogen and oxygen atoms in total. The molecule has 5 rings (SSSR count). The van der Waals surface area contributed by atoms with E-state index in [1.165, 1.54) is 0 Å². The lowest BCUT2D eigenvalue weighted by Gasteiger charge is -2.26. The number of hydrogen-bond acceptors (Lipinski definition) is 11. The number of aryl methyl sites for hydroxylation is 2. The fraction of sp³-hybridized carbons (Fsp3) is 0.548. The van der Waals surface area contributed by atoms with Crippen LogP contribution in [-0.2, 0) is 51.3 Å². The molecule has 0 bridgehead atoms. The first-order valence-corrected chi connectivity index (χ1v) is 17.2. The maximum Gasteiger partial charge on any atom is 0.416 e. The third-order valence-corrected chi connectivity index (χ3v) is 9.03. The summed E-state index contributed by atoms with van der Waals surface area (Å²) in [6.07, 6.45) is -9.78. The Morgan fingerprint density at radius 1 is 0.714 bits per heavy atom. The Balaban J connectivity index is 0.000000244. The lowest BCUT2D eigenvalue weighted by atomic mass is 10.0. The van der Waals surface area contributed by atoms with Crippen LogP contribution in [0.15, 0.2) is 35.5 Å². The minimum atomic E-state index is -4.89. The molecule has 18 heteroatoms. The topological polar surface area (TPSA) is 123 Å². The number of rotatable bonds is 9. The average Bonchev–Trinajstić information content (AvgIpc) is 3.03. The van der Waals surface area contributed by atoms with Crippen molar-refractivity contribution in [1.82, 2.24) is 29.7 Å². The molecule has 0 aliphatic carbocycles. The van der Waals surface area contributed by atoms with Crippen LogP contribution in [0.3, 0.4) is 0 Å². The maximum absolute atomic E-state index is 13.0. The molecule has 1 N–H and O–H groups in total. The molecule has 2 aliphatic rings. The first-order valence-electron chi connectivity index (χ1n) is 15.6. The van der Waals surface area contributed by atoms with Crippen molar-refractivity contribution < 1.29 is 44.2 Å². The van der Waals surface area contributed by atoms with E-state index in [4.69, 9.17) is 9.47 Å². The van der Waals surface area contributed by atoms with Gasteiger partial charge in [0.05, 0.1) is 54.7 Å². The summed E-state index contributed by atoms with van der Waals surface area (Å²) in [6, 6.07) is 5.10. The number of anilines is 1. The number of nitrogens with one attached hydrogen (secondary N) is 1. The van der Waals surface area contributed by atoms with Crippen LogP contribution in [-0.4, -0.2) is 96.5 Å². The molecule has 1 aromatic carbocycles. The fourth-order valence-electron chi connectivity index (χ4n) is 5.03. The number of nitrogens with zero attached hydrogens (tertiary/aromatic N) is 6. The highest BCUT2D eigenvalue weighted by Crippen LogP contribution is 2.36. The van der Waals surface area contributed by atoms with Crippen molar-refractivity contribution in [3.05, 3.63) is 69.8 Å². The Hall–Kier alpha value is -3.45. The quantitative estimate of drug-likeness (QED) is 0.245. The summed E-state index contributed by atoms with van der Waals surface area (Å²) in [5.74, 6) is 0.164. The van der Waals surface area contributed by atoms with Crippen LogP contribution >= 0.6 is 0 Å². The zero-order valence-electron chi connectivity index (χ0n) is 27.4. The Labute approximate surface area is 281 Å². The summed E-state index contributed by atoms with van der Waals surface area (Å²) in [5.41, 5.74) is -0.106. The smallest absolute Gasteiger partial charge is 0.379 e. The number of hydrogen-bond donors (Lipinski definition) is 1. The normalized spacial score (nSPS) is 16.6.